The highest BCUT2D eigenvalue weighted by molar-refractivity contribution is 7.16. The Hall–Kier alpha value is -1.56. The Morgan fingerprint density at radius 3 is 2.50 bits per heavy atom. The summed E-state index contributed by atoms with van der Waals surface area (Å²) in [4.78, 5) is 26.0. The van der Waals surface area contributed by atoms with Crippen LogP contribution >= 0.6 is 11.3 Å². The first kappa shape index (κ1) is 16.8. The van der Waals surface area contributed by atoms with Crippen LogP contribution < -0.4 is 5.73 Å². The summed E-state index contributed by atoms with van der Waals surface area (Å²) in [6.07, 6.45) is 2.99. The molecule has 22 heavy (non-hydrogen) atoms. The van der Waals surface area contributed by atoms with Crippen molar-refractivity contribution in [2.24, 2.45) is 0 Å². The summed E-state index contributed by atoms with van der Waals surface area (Å²) < 4.78 is 10.5. The van der Waals surface area contributed by atoms with E-state index in [0.717, 1.165) is 23.3 Å². The number of carbonyl (C=O) groups is 2. The number of hydrogen-bond acceptors (Lipinski definition) is 6. The van der Waals surface area contributed by atoms with E-state index < -0.39 is 11.4 Å². The van der Waals surface area contributed by atoms with Gasteiger partial charge in [0.15, 0.2) is 0 Å². The van der Waals surface area contributed by atoms with E-state index in [-0.39, 0.29) is 12.6 Å². The third kappa shape index (κ3) is 2.60. The number of aryl methyl sites for hydroxylation is 1. The second-order valence-corrected chi connectivity index (χ2v) is 6.51. The summed E-state index contributed by atoms with van der Waals surface area (Å²) in [5.74, 6) is -0.705. The van der Waals surface area contributed by atoms with Gasteiger partial charge in [-0.05, 0) is 39.5 Å². The molecule has 1 aliphatic carbocycles. The quantitative estimate of drug-likeness (QED) is 0.842. The van der Waals surface area contributed by atoms with Gasteiger partial charge in [0.2, 0.25) is 0 Å². The molecule has 1 heterocycles. The molecule has 0 bridgehead atoms. The fourth-order valence-electron chi connectivity index (χ4n) is 3.23. The zero-order chi connectivity index (χ0) is 16.3. The molecule has 0 aliphatic heterocycles. The van der Waals surface area contributed by atoms with Gasteiger partial charge >= 0.3 is 11.9 Å². The predicted molar refractivity (Wildman–Crippen MR) is 86.2 cm³/mol. The van der Waals surface area contributed by atoms with Gasteiger partial charge in [0, 0.05) is 10.4 Å². The van der Waals surface area contributed by atoms with E-state index in [1.54, 1.807) is 13.8 Å². The Kier molecular flexibility index (Phi) is 5.11. The monoisotopic (exact) mass is 325 g/mol. The molecule has 0 amide bonds. The molecular weight excluding hydrogens is 302 g/mol. The number of hydrogen-bond donors (Lipinski definition) is 1. The number of ether oxygens (including phenoxy) is 2. The van der Waals surface area contributed by atoms with Gasteiger partial charge in [-0.1, -0.05) is 6.92 Å². The standard InChI is InChI=1S/C16H23NO4S/c1-4-16(15(19)21-6-3)9-7-8-10-12(16)11(13(17)22-10)14(18)20-5-2/h4-9,17H2,1-3H3. The molecule has 0 saturated carbocycles. The van der Waals surface area contributed by atoms with E-state index in [1.165, 1.54) is 11.3 Å². The van der Waals surface area contributed by atoms with Crippen molar-refractivity contribution in [1.82, 2.24) is 0 Å². The van der Waals surface area contributed by atoms with Crippen molar-refractivity contribution in [1.29, 1.82) is 0 Å². The Morgan fingerprint density at radius 1 is 1.23 bits per heavy atom. The number of carbonyl (C=O) groups excluding carboxylic acids is 2. The number of rotatable bonds is 5. The van der Waals surface area contributed by atoms with E-state index in [1.807, 2.05) is 6.92 Å². The molecule has 1 aromatic heterocycles. The van der Waals surface area contributed by atoms with Gasteiger partial charge in [0.25, 0.3) is 0 Å². The maximum Gasteiger partial charge on any atom is 0.341 e. The molecule has 1 unspecified atom stereocenters. The SMILES string of the molecule is CCOC(=O)c1c(N)sc2c1C(CC)(C(=O)OCC)CCC2. The maximum atomic E-state index is 12.6. The van der Waals surface area contributed by atoms with Crippen LogP contribution in [0.3, 0.4) is 0 Å². The van der Waals surface area contributed by atoms with Crippen LogP contribution in [0.25, 0.3) is 0 Å². The molecule has 2 N–H and O–H groups in total. The highest BCUT2D eigenvalue weighted by Gasteiger charge is 2.47. The van der Waals surface area contributed by atoms with Gasteiger partial charge in [0.05, 0.1) is 24.2 Å². The van der Waals surface area contributed by atoms with Gasteiger partial charge in [-0.3, -0.25) is 4.79 Å². The zero-order valence-electron chi connectivity index (χ0n) is 13.4. The third-order valence-electron chi connectivity index (χ3n) is 4.24. The zero-order valence-corrected chi connectivity index (χ0v) is 14.2. The molecule has 0 radical (unpaired) electrons. The summed E-state index contributed by atoms with van der Waals surface area (Å²) in [5, 5.41) is 0.437. The molecule has 122 valence electrons. The number of nitrogens with two attached hydrogens (primary N) is 1. The lowest BCUT2D eigenvalue weighted by atomic mass is 9.69. The van der Waals surface area contributed by atoms with Gasteiger partial charge in [0.1, 0.15) is 5.00 Å². The molecule has 5 nitrogen and oxygen atoms in total. The highest BCUT2D eigenvalue weighted by Crippen LogP contribution is 2.48. The molecule has 1 aromatic rings. The van der Waals surface area contributed by atoms with Crippen molar-refractivity contribution in [2.75, 3.05) is 18.9 Å². The lowest BCUT2D eigenvalue weighted by molar-refractivity contribution is -0.151. The predicted octanol–water partition coefficient (Wildman–Crippen LogP) is 3.05. The van der Waals surface area contributed by atoms with E-state index >= 15 is 0 Å². The van der Waals surface area contributed by atoms with E-state index in [9.17, 15) is 9.59 Å². The lowest BCUT2D eigenvalue weighted by Gasteiger charge is -2.35. The Bertz CT molecular complexity index is 581. The van der Waals surface area contributed by atoms with Gasteiger partial charge in [-0.15, -0.1) is 11.3 Å². The fraction of sp³-hybridized carbons (Fsp3) is 0.625. The second kappa shape index (κ2) is 6.69. The van der Waals surface area contributed by atoms with Gasteiger partial charge in [-0.25, -0.2) is 4.79 Å². The third-order valence-corrected chi connectivity index (χ3v) is 5.32. The van der Waals surface area contributed by atoms with Crippen LogP contribution in [0.5, 0.6) is 0 Å². The Morgan fingerprint density at radius 2 is 1.91 bits per heavy atom. The molecule has 1 atom stereocenters. The van der Waals surface area contributed by atoms with Crippen LogP contribution in [-0.4, -0.2) is 25.2 Å². The first-order valence-electron chi connectivity index (χ1n) is 7.77. The molecule has 6 heteroatoms. The lowest BCUT2D eigenvalue weighted by Crippen LogP contribution is -2.41. The van der Waals surface area contributed by atoms with Crippen molar-refractivity contribution >= 4 is 28.3 Å². The second-order valence-electron chi connectivity index (χ2n) is 5.37. The van der Waals surface area contributed by atoms with Crippen LogP contribution in [0.15, 0.2) is 0 Å². The fourth-order valence-corrected chi connectivity index (χ4v) is 4.43. The Labute approximate surface area is 134 Å². The summed E-state index contributed by atoms with van der Waals surface area (Å²) in [7, 11) is 0. The van der Waals surface area contributed by atoms with Crippen LogP contribution in [0.1, 0.15) is 60.8 Å². The average molecular weight is 325 g/mol. The number of anilines is 1. The minimum absolute atomic E-state index is 0.262. The van der Waals surface area contributed by atoms with E-state index in [2.05, 4.69) is 0 Å². The number of esters is 2. The van der Waals surface area contributed by atoms with Gasteiger partial charge in [-0.2, -0.15) is 0 Å². The van der Waals surface area contributed by atoms with Crippen molar-refractivity contribution in [3.63, 3.8) is 0 Å². The molecule has 0 fully saturated rings. The van der Waals surface area contributed by atoms with E-state index in [0.29, 0.717) is 30.0 Å². The first-order valence-corrected chi connectivity index (χ1v) is 8.59. The normalized spacial score (nSPS) is 20.3. The summed E-state index contributed by atoms with van der Waals surface area (Å²) >= 11 is 1.39. The Balaban J connectivity index is 2.61. The number of nitrogen functional groups attached to an aromatic ring is 1. The maximum absolute atomic E-state index is 12.6. The van der Waals surface area contributed by atoms with Gasteiger partial charge < -0.3 is 15.2 Å². The highest BCUT2D eigenvalue weighted by atomic mass is 32.1. The van der Waals surface area contributed by atoms with Crippen LogP contribution in [0.2, 0.25) is 0 Å². The van der Waals surface area contributed by atoms with Crippen molar-refractivity contribution in [3.05, 3.63) is 16.0 Å². The molecule has 2 rings (SSSR count). The molecule has 0 saturated heterocycles. The van der Waals surface area contributed by atoms with E-state index in [4.69, 9.17) is 15.2 Å². The summed E-state index contributed by atoms with van der Waals surface area (Å²) in [6, 6.07) is 0. The first-order chi connectivity index (χ1) is 10.5. The smallest absolute Gasteiger partial charge is 0.341 e. The van der Waals surface area contributed by atoms with Crippen molar-refractivity contribution in [2.45, 2.75) is 51.9 Å². The minimum atomic E-state index is -0.778. The topological polar surface area (TPSA) is 78.6 Å². The average Bonchev–Trinajstić information content (AvgIpc) is 2.83. The summed E-state index contributed by atoms with van der Waals surface area (Å²) in [5.41, 5.74) is 6.41. The molecule has 0 aromatic carbocycles. The minimum Gasteiger partial charge on any atom is -0.465 e. The molecule has 0 spiro atoms. The molecular formula is C16H23NO4S. The number of thiophene rings is 1. The largest absolute Gasteiger partial charge is 0.465 e. The number of fused-ring (bicyclic) bond motifs is 1. The van der Waals surface area contributed by atoms with Crippen LogP contribution in [-0.2, 0) is 26.1 Å². The van der Waals surface area contributed by atoms with Crippen LogP contribution in [0, 0.1) is 0 Å². The summed E-state index contributed by atoms with van der Waals surface area (Å²) in [6.45, 7) is 6.10. The van der Waals surface area contributed by atoms with Crippen molar-refractivity contribution in [3.8, 4) is 0 Å². The molecule has 1 aliphatic rings. The van der Waals surface area contributed by atoms with Crippen LogP contribution in [0.4, 0.5) is 5.00 Å². The van der Waals surface area contributed by atoms with Crippen molar-refractivity contribution < 1.29 is 19.1 Å².